The number of nitrogens with zero attached hydrogens (tertiary/aromatic N) is 6. The second-order valence-electron chi connectivity index (χ2n) is 13.9. The number of ether oxygens (including phenoxy) is 3. The molecule has 0 unspecified atom stereocenters. The van der Waals surface area contributed by atoms with E-state index in [1.807, 2.05) is 41.5 Å². The van der Waals surface area contributed by atoms with Gasteiger partial charge in [0.1, 0.15) is 5.71 Å². The number of isothiocyanates is 1. The van der Waals surface area contributed by atoms with E-state index in [4.69, 9.17) is 16.6 Å². The van der Waals surface area contributed by atoms with Crippen molar-refractivity contribution in [2.75, 3.05) is 4.90 Å². The van der Waals surface area contributed by atoms with Crippen molar-refractivity contribution in [1.82, 2.24) is 19.9 Å². The zero-order valence-corrected chi connectivity index (χ0v) is 36.2. The van der Waals surface area contributed by atoms with Gasteiger partial charge in [-0.3, -0.25) is 34.7 Å². The first-order valence-electron chi connectivity index (χ1n) is 17.4. The summed E-state index contributed by atoms with van der Waals surface area (Å²) in [5, 5.41) is 15.5. The molecule has 19 heteroatoms. The standard InChI is InChI=1S/C24H17N3O6.C17H24F3N4.CNS.Ru/c28-15-31-8-3-18-1-6-25-21(11-18)23-13-20(5-10-33-17-30)14-24(27-23)22-12-19(2-7-26-22)4-9-32-16-29;1-15(2,3)24(16(4,5)6)11-7-8-23-13(9-11)12(21)10-14(22)17(18,19)20;2-1-3;/h1-17H;7-10,21-22H,1-6H3;;/q;2*-1;+2/b8-3+,9-4+,10-5+;12-10-,22-14?;;. The Bertz CT molecular complexity index is 2170. The number of hydrogen-bond acceptors (Lipinski definition) is 13. The minimum absolute atomic E-state index is 0. The van der Waals surface area contributed by atoms with Crippen LogP contribution in [-0.2, 0) is 48.1 Å². The van der Waals surface area contributed by atoms with Crippen LogP contribution < -0.4 is 4.90 Å². The van der Waals surface area contributed by atoms with Crippen LogP contribution in [0.5, 0.6) is 0 Å². The molecule has 0 aliphatic heterocycles. The fourth-order valence-corrected chi connectivity index (χ4v) is 5.53. The second-order valence-corrected chi connectivity index (χ2v) is 14.0. The summed E-state index contributed by atoms with van der Waals surface area (Å²) in [7, 11) is 0. The number of pyridine rings is 4. The van der Waals surface area contributed by atoms with E-state index in [2.05, 4.69) is 51.3 Å². The second kappa shape index (κ2) is 25.2. The van der Waals surface area contributed by atoms with Gasteiger partial charge in [0, 0.05) is 41.0 Å². The van der Waals surface area contributed by atoms with Crippen LogP contribution in [0.1, 0.15) is 63.9 Å². The fourth-order valence-electron chi connectivity index (χ4n) is 5.53. The van der Waals surface area contributed by atoms with E-state index in [0.29, 0.717) is 53.8 Å². The summed E-state index contributed by atoms with van der Waals surface area (Å²) in [4.78, 5) is 50.7. The number of rotatable bonds is 14. The summed E-state index contributed by atoms with van der Waals surface area (Å²) in [6.45, 7) is 13.2. The Balaban J connectivity index is 0.000000590. The first kappa shape index (κ1) is 52.5. The first-order valence-corrected chi connectivity index (χ1v) is 17.8. The Morgan fingerprint density at radius 2 is 1.11 bits per heavy atom. The molecular formula is C42H41F3N8O6RuS. The summed E-state index contributed by atoms with van der Waals surface area (Å²) >= 11 is 3.70. The summed E-state index contributed by atoms with van der Waals surface area (Å²) < 4.78 is 51.2. The number of thiocarbonyl (C=S) groups is 1. The van der Waals surface area contributed by atoms with Gasteiger partial charge in [-0.05, 0) is 131 Å². The van der Waals surface area contributed by atoms with E-state index in [-0.39, 0.29) is 36.2 Å². The van der Waals surface area contributed by atoms with Gasteiger partial charge in [0.05, 0.1) is 41.6 Å². The Kier molecular flexibility index (Phi) is 21.6. The predicted octanol–water partition coefficient (Wildman–Crippen LogP) is 9.75. The first-order chi connectivity index (χ1) is 28.3. The van der Waals surface area contributed by atoms with E-state index in [0.717, 1.165) is 16.8 Å². The third kappa shape index (κ3) is 18.1. The molecule has 4 aromatic heterocycles. The monoisotopic (exact) mass is 944 g/mol. The quantitative estimate of drug-likeness (QED) is 0.0313. The summed E-state index contributed by atoms with van der Waals surface area (Å²) in [5.41, 5.74) is 10.6. The van der Waals surface area contributed by atoms with Crippen molar-refractivity contribution in [2.45, 2.75) is 58.8 Å². The third-order valence-electron chi connectivity index (χ3n) is 7.34. The van der Waals surface area contributed by atoms with Gasteiger partial charge < -0.3 is 30.3 Å². The smallest absolute Gasteiger partial charge is 0.753 e. The zero-order chi connectivity index (χ0) is 44.9. The van der Waals surface area contributed by atoms with Crippen molar-refractivity contribution in [2.24, 2.45) is 0 Å². The van der Waals surface area contributed by atoms with E-state index in [9.17, 15) is 27.6 Å². The average molecular weight is 944 g/mol. The fraction of sp³-hybridized carbons (Fsp3) is 0.214. The number of alkyl halides is 3. The number of anilines is 1. The van der Waals surface area contributed by atoms with Crippen LogP contribution in [0, 0.1) is 5.41 Å². The van der Waals surface area contributed by atoms with Crippen molar-refractivity contribution in [3.8, 4) is 22.8 Å². The Hall–Kier alpha value is -6.55. The number of carbonyl (C=O) groups is 3. The normalized spacial score (nSPS) is 11.5. The molecule has 0 aliphatic carbocycles. The molecule has 14 nitrogen and oxygen atoms in total. The molecule has 0 radical (unpaired) electrons. The van der Waals surface area contributed by atoms with Crippen molar-refractivity contribution in [1.29, 1.82) is 5.41 Å². The van der Waals surface area contributed by atoms with Gasteiger partial charge in [0.15, 0.2) is 0 Å². The van der Waals surface area contributed by atoms with E-state index >= 15 is 0 Å². The number of aromatic nitrogens is 4. The Morgan fingerprint density at radius 1 is 0.721 bits per heavy atom. The van der Waals surface area contributed by atoms with Gasteiger partial charge in [0.25, 0.3) is 19.4 Å². The number of nitrogens with one attached hydrogen (secondary N) is 2. The minimum atomic E-state index is -4.77. The number of allylic oxidation sites excluding steroid dienone is 1. The molecule has 320 valence electrons. The molecule has 0 bridgehead atoms. The van der Waals surface area contributed by atoms with E-state index < -0.39 is 17.6 Å². The van der Waals surface area contributed by atoms with Crippen LogP contribution in [0.25, 0.3) is 57.8 Å². The average Bonchev–Trinajstić information content (AvgIpc) is 3.17. The van der Waals surface area contributed by atoms with Crippen molar-refractivity contribution in [3.05, 3.63) is 126 Å². The number of carbonyl (C=O) groups excluding carboxylic acids is 3. The van der Waals surface area contributed by atoms with Crippen LogP contribution in [0.3, 0.4) is 0 Å². The van der Waals surface area contributed by atoms with Crippen molar-refractivity contribution < 1.29 is 61.2 Å². The van der Waals surface area contributed by atoms with E-state index in [1.54, 1.807) is 79.2 Å². The molecule has 61 heavy (non-hydrogen) atoms. The molecule has 0 fully saturated rings. The van der Waals surface area contributed by atoms with Crippen LogP contribution in [0.2, 0.25) is 0 Å². The van der Waals surface area contributed by atoms with Crippen LogP contribution >= 0.6 is 12.2 Å². The molecule has 4 rings (SSSR count). The molecule has 0 amide bonds. The topological polar surface area (TPSA) is 204 Å². The predicted molar refractivity (Wildman–Crippen MR) is 228 cm³/mol. The maximum atomic E-state index is 12.5. The number of hydrogen-bond donors (Lipinski definition) is 1. The van der Waals surface area contributed by atoms with Crippen molar-refractivity contribution >= 4 is 72.1 Å². The maximum Gasteiger partial charge on any atom is 2.00 e. The van der Waals surface area contributed by atoms with Gasteiger partial charge in [-0.1, -0.05) is 12.2 Å². The maximum absolute atomic E-state index is 12.5. The minimum Gasteiger partial charge on any atom is -0.753 e. The molecule has 0 atom stereocenters. The molecule has 4 aromatic rings. The van der Waals surface area contributed by atoms with Gasteiger partial charge in [-0.2, -0.15) is 18.3 Å². The molecule has 2 N–H and O–H groups in total. The SMILES string of the molecule is CC(C)(C)N(c1ccnc(/C([NH-])=C/C(=N)C(F)(F)F)c1)C(C)(C)C.O=CO/C=C/c1ccnc(-c2cc(/C=C/OC=O)cc(-c3cc(/C=C/OC=O)ccn3)n2)c1.[N-]=C=S.[Ru+2]. The molecule has 0 aromatic carbocycles. The van der Waals surface area contributed by atoms with E-state index in [1.165, 1.54) is 30.1 Å². The van der Waals surface area contributed by atoms with Crippen LogP contribution in [0.4, 0.5) is 18.9 Å². The third-order valence-corrected chi connectivity index (χ3v) is 7.34. The zero-order valence-electron chi connectivity index (χ0n) is 33.7. The molecule has 0 spiro atoms. The Labute approximate surface area is 369 Å². The van der Waals surface area contributed by atoms with Crippen LogP contribution in [0.15, 0.2) is 92.0 Å². The summed E-state index contributed by atoms with van der Waals surface area (Å²) in [6, 6.07) is 13.9. The largest absolute Gasteiger partial charge is 2.00 e. The molecular weight excluding hydrogens is 903 g/mol. The van der Waals surface area contributed by atoms with Crippen LogP contribution in [-0.4, -0.2) is 67.5 Å². The molecule has 0 saturated heterocycles. The molecule has 0 saturated carbocycles. The summed E-state index contributed by atoms with van der Waals surface area (Å²) in [5.74, 6) is 0. The van der Waals surface area contributed by atoms with Gasteiger partial charge in [-0.15, -0.1) is 5.70 Å². The van der Waals surface area contributed by atoms with Gasteiger partial charge in [-0.25, -0.2) is 4.98 Å². The van der Waals surface area contributed by atoms with Gasteiger partial charge >= 0.3 is 25.7 Å². The molecule has 4 heterocycles. The Morgan fingerprint density at radius 3 is 1.51 bits per heavy atom. The van der Waals surface area contributed by atoms with Crippen molar-refractivity contribution in [3.63, 3.8) is 0 Å². The summed E-state index contributed by atoms with van der Waals surface area (Å²) in [6.07, 6.45) is 8.98. The molecule has 0 aliphatic rings. The van der Waals surface area contributed by atoms with Gasteiger partial charge in [0.2, 0.25) is 0 Å². The number of halogens is 3.